The summed E-state index contributed by atoms with van der Waals surface area (Å²) in [5.74, 6) is -0.684. The topological polar surface area (TPSA) is 126 Å². The van der Waals surface area contributed by atoms with Crippen molar-refractivity contribution in [3.8, 4) is 5.69 Å². The number of sulfonamides is 1. The monoisotopic (exact) mass is 448 g/mol. The van der Waals surface area contributed by atoms with Crippen LogP contribution in [-0.4, -0.2) is 64.7 Å². The average molecular weight is 449 g/mol. The van der Waals surface area contributed by atoms with Gasteiger partial charge in [-0.3, -0.25) is 9.59 Å². The van der Waals surface area contributed by atoms with E-state index in [1.807, 2.05) is 6.92 Å². The van der Waals surface area contributed by atoms with E-state index in [9.17, 15) is 18.0 Å². The molecule has 0 bridgehead atoms. The molecule has 1 fully saturated rings. The number of hydrogen-bond donors (Lipinski definition) is 2. The van der Waals surface area contributed by atoms with Gasteiger partial charge in [0.05, 0.1) is 18.0 Å². The first-order valence-electron chi connectivity index (χ1n) is 10.4. The van der Waals surface area contributed by atoms with Crippen LogP contribution in [0.2, 0.25) is 0 Å². The van der Waals surface area contributed by atoms with Crippen LogP contribution in [0.1, 0.15) is 32.6 Å². The van der Waals surface area contributed by atoms with Crippen molar-refractivity contribution in [3.05, 3.63) is 36.9 Å². The van der Waals surface area contributed by atoms with Gasteiger partial charge in [0.1, 0.15) is 12.7 Å². The number of anilines is 1. The second-order valence-electron chi connectivity index (χ2n) is 7.50. The largest absolute Gasteiger partial charge is 0.347 e. The Balaban J connectivity index is 1.41. The number of amides is 2. The van der Waals surface area contributed by atoms with Crippen molar-refractivity contribution < 1.29 is 18.0 Å². The van der Waals surface area contributed by atoms with Crippen molar-refractivity contribution >= 4 is 27.5 Å². The molecule has 1 aromatic heterocycles. The second-order valence-corrected chi connectivity index (χ2v) is 9.58. The van der Waals surface area contributed by atoms with E-state index in [0.717, 1.165) is 12.1 Å². The number of benzene rings is 1. The van der Waals surface area contributed by atoms with Crippen molar-refractivity contribution in [2.75, 3.05) is 30.7 Å². The predicted octanol–water partition coefficient (Wildman–Crippen LogP) is 1.16. The van der Waals surface area contributed by atoms with E-state index >= 15 is 0 Å². The smallest absolute Gasteiger partial charge is 0.243 e. The van der Waals surface area contributed by atoms with Crippen molar-refractivity contribution in [1.82, 2.24) is 24.4 Å². The van der Waals surface area contributed by atoms with E-state index < -0.39 is 10.0 Å². The summed E-state index contributed by atoms with van der Waals surface area (Å²) in [6.07, 6.45) is 5.40. The minimum atomic E-state index is -3.24. The molecule has 3 rings (SSSR count). The molecule has 0 saturated carbocycles. The van der Waals surface area contributed by atoms with Crippen LogP contribution in [0.5, 0.6) is 0 Å². The fraction of sp³-hybridized carbons (Fsp3) is 0.500. The highest BCUT2D eigenvalue weighted by Crippen LogP contribution is 2.20. The molecule has 1 aliphatic heterocycles. The number of rotatable bonds is 9. The van der Waals surface area contributed by atoms with Gasteiger partial charge in [-0.2, -0.15) is 5.10 Å². The normalized spacial score (nSPS) is 15.5. The average Bonchev–Trinajstić information content (AvgIpc) is 3.32. The molecule has 2 aromatic rings. The lowest BCUT2D eigenvalue weighted by Gasteiger charge is -2.30. The molecule has 0 radical (unpaired) electrons. The number of piperidine rings is 1. The van der Waals surface area contributed by atoms with E-state index in [1.165, 1.54) is 10.6 Å². The number of unbranched alkanes of at least 4 members (excludes halogenated alkanes) is 1. The van der Waals surface area contributed by atoms with Gasteiger partial charge in [-0.25, -0.2) is 22.4 Å². The molecule has 1 saturated heterocycles. The molecule has 0 aliphatic carbocycles. The Morgan fingerprint density at radius 1 is 1.16 bits per heavy atom. The summed E-state index contributed by atoms with van der Waals surface area (Å²) < 4.78 is 27.6. The summed E-state index contributed by atoms with van der Waals surface area (Å²) in [6, 6.07) is 7.08. The van der Waals surface area contributed by atoms with Crippen LogP contribution < -0.4 is 10.6 Å². The summed E-state index contributed by atoms with van der Waals surface area (Å²) in [7, 11) is -3.24. The minimum absolute atomic E-state index is 0.140. The molecule has 0 atom stereocenters. The second kappa shape index (κ2) is 10.5. The van der Waals surface area contributed by atoms with Crippen LogP contribution >= 0.6 is 0 Å². The van der Waals surface area contributed by atoms with Gasteiger partial charge >= 0.3 is 0 Å². The molecule has 1 aliphatic rings. The van der Waals surface area contributed by atoms with Crippen LogP contribution in [0.15, 0.2) is 36.9 Å². The van der Waals surface area contributed by atoms with E-state index in [0.29, 0.717) is 38.0 Å². The van der Waals surface area contributed by atoms with Crippen LogP contribution in [0.3, 0.4) is 0 Å². The molecule has 10 nitrogen and oxygen atoms in total. The molecule has 31 heavy (non-hydrogen) atoms. The maximum Gasteiger partial charge on any atom is 0.243 e. The lowest BCUT2D eigenvalue weighted by Crippen LogP contribution is -2.44. The van der Waals surface area contributed by atoms with Crippen LogP contribution in [0.25, 0.3) is 5.69 Å². The van der Waals surface area contributed by atoms with E-state index in [4.69, 9.17) is 0 Å². The lowest BCUT2D eigenvalue weighted by atomic mass is 9.97. The summed E-state index contributed by atoms with van der Waals surface area (Å²) in [5, 5.41) is 9.42. The summed E-state index contributed by atoms with van der Waals surface area (Å²) >= 11 is 0. The molecule has 2 heterocycles. The standard InChI is InChI=1S/C20H28N6O4S/c1-2-3-12-31(29,30)25-10-8-16(9-11-25)20(28)22-13-19(27)24-17-4-6-18(7-5-17)26-15-21-14-23-26/h4-7,14-16H,2-3,8-13H2,1H3,(H,22,28)(H,24,27). The SMILES string of the molecule is CCCCS(=O)(=O)N1CCC(C(=O)NCC(=O)Nc2ccc(-n3cncn3)cc2)CC1. The van der Waals surface area contributed by atoms with Crippen molar-refractivity contribution in [1.29, 1.82) is 0 Å². The summed E-state index contributed by atoms with van der Waals surface area (Å²) in [4.78, 5) is 28.4. The first-order valence-corrected chi connectivity index (χ1v) is 12.0. The van der Waals surface area contributed by atoms with Gasteiger partial charge in [0.15, 0.2) is 0 Å². The highest BCUT2D eigenvalue weighted by atomic mass is 32.2. The third kappa shape index (κ3) is 6.34. The Hall–Kier alpha value is -2.79. The molecule has 0 unspecified atom stereocenters. The van der Waals surface area contributed by atoms with Gasteiger partial charge in [-0.05, 0) is 43.5 Å². The highest BCUT2D eigenvalue weighted by Gasteiger charge is 2.30. The fourth-order valence-electron chi connectivity index (χ4n) is 3.41. The zero-order chi connectivity index (χ0) is 22.3. The number of hydrogen-bond acceptors (Lipinski definition) is 6. The number of nitrogens with one attached hydrogen (secondary N) is 2. The summed E-state index contributed by atoms with van der Waals surface area (Å²) in [5.41, 5.74) is 1.42. The Labute approximate surface area is 182 Å². The third-order valence-corrected chi connectivity index (χ3v) is 7.19. The zero-order valence-corrected chi connectivity index (χ0v) is 18.3. The minimum Gasteiger partial charge on any atom is -0.347 e. The maximum atomic E-state index is 12.4. The van der Waals surface area contributed by atoms with Gasteiger partial charge in [0, 0.05) is 24.7 Å². The van der Waals surface area contributed by atoms with Crippen molar-refractivity contribution in [2.24, 2.45) is 5.92 Å². The van der Waals surface area contributed by atoms with E-state index in [1.54, 1.807) is 35.3 Å². The van der Waals surface area contributed by atoms with Gasteiger partial charge in [0.2, 0.25) is 21.8 Å². The quantitative estimate of drug-likeness (QED) is 0.593. The number of aromatic nitrogens is 3. The van der Waals surface area contributed by atoms with Gasteiger partial charge in [-0.1, -0.05) is 13.3 Å². The van der Waals surface area contributed by atoms with Crippen LogP contribution in [0.4, 0.5) is 5.69 Å². The maximum absolute atomic E-state index is 12.4. The van der Waals surface area contributed by atoms with E-state index in [2.05, 4.69) is 20.7 Å². The Bertz CT molecular complexity index is 968. The summed E-state index contributed by atoms with van der Waals surface area (Å²) in [6.45, 7) is 2.50. The molecule has 2 amide bonds. The predicted molar refractivity (Wildman–Crippen MR) is 116 cm³/mol. The van der Waals surface area contributed by atoms with E-state index in [-0.39, 0.29) is 30.0 Å². The fourth-order valence-corrected chi connectivity index (χ4v) is 5.09. The third-order valence-electron chi connectivity index (χ3n) is 5.23. The number of nitrogens with zero attached hydrogens (tertiary/aromatic N) is 4. The van der Waals surface area contributed by atoms with Gasteiger partial charge in [-0.15, -0.1) is 0 Å². The molecule has 1 aromatic carbocycles. The Kier molecular flexibility index (Phi) is 7.75. The van der Waals surface area contributed by atoms with Crippen molar-refractivity contribution in [3.63, 3.8) is 0 Å². The van der Waals surface area contributed by atoms with Gasteiger partial charge in [0.25, 0.3) is 0 Å². The van der Waals surface area contributed by atoms with Crippen molar-refractivity contribution in [2.45, 2.75) is 32.6 Å². The lowest BCUT2D eigenvalue weighted by molar-refractivity contribution is -0.128. The Morgan fingerprint density at radius 2 is 1.87 bits per heavy atom. The molecule has 2 N–H and O–H groups in total. The molecule has 0 spiro atoms. The van der Waals surface area contributed by atoms with Gasteiger partial charge < -0.3 is 10.6 Å². The van der Waals surface area contributed by atoms with Crippen LogP contribution in [0, 0.1) is 5.92 Å². The zero-order valence-electron chi connectivity index (χ0n) is 17.5. The molecular formula is C20H28N6O4S. The number of carbonyl (C=O) groups excluding carboxylic acids is 2. The first-order chi connectivity index (χ1) is 14.9. The Morgan fingerprint density at radius 3 is 2.48 bits per heavy atom. The first kappa shape index (κ1) is 22.9. The molecule has 168 valence electrons. The highest BCUT2D eigenvalue weighted by molar-refractivity contribution is 7.89. The number of carbonyl (C=O) groups is 2. The van der Waals surface area contributed by atoms with Crippen LogP contribution in [-0.2, 0) is 19.6 Å². The molecular weight excluding hydrogens is 420 g/mol. The molecule has 11 heteroatoms.